The summed E-state index contributed by atoms with van der Waals surface area (Å²) in [5.41, 5.74) is 0.330. The Morgan fingerprint density at radius 2 is 2.33 bits per heavy atom. The molecule has 0 aromatic rings. The van der Waals surface area contributed by atoms with Crippen LogP contribution in [0.5, 0.6) is 0 Å². The standard InChI is InChI=1S/C13H23NO3S/c1-13(2)3-6-18-9-11(13)14-4-5-17-10(8-14)7-12(15)16/h10-11H,3-9H2,1-2H3,(H,15,16). The molecule has 2 atom stereocenters. The van der Waals surface area contributed by atoms with Gasteiger partial charge in [0.25, 0.3) is 0 Å². The summed E-state index contributed by atoms with van der Waals surface area (Å²) in [4.78, 5) is 13.2. The summed E-state index contributed by atoms with van der Waals surface area (Å²) in [6.07, 6.45) is 1.22. The topological polar surface area (TPSA) is 49.8 Å². The van der Waals surface area contributed by atoms with Gasteiger partial charge in [0.15, 0.2) is 0 Å². The first-order valence-corrected chi connectivity index (χ1v) is 7.80. The van der Waals surface area contributed by atoms with Gasteiger partial charge in [0.1, 0.15) is 0 Å². The number of nitrogens with zero attached hydrogens (tertiary/aromatic N) is 1. The van der Waals surface area contributed by atoms with E-state index in [-0.39, 0.29) is 12.5 Å². The minimum atomic E-state index is -0.765. The van der Waals surface area contributed by atoms with Gasteiger partial charge in [0.2, 0.25) is 0 Å². The summed E-state index contributed by atoms with van der Waals surface area (Å²) in [6, 6.07) is 0.552. The van der Waals surface area contributed by atoms with Gasteiger partial charge in [-0.3, -0.25) is 9.69 Å². The lowest BCUT2D eigenvalue weighted by Crippen LogP contribution is -2.55. The molecule has 2 fully saturated rings. The second kappa shape index (κ2) is 5.80. The van der Waals surface area contributed by atoms with E-state index in [9.17, 15) is 4.79 Å². The number of ether oxygens (including phenoxy) is 1. The summed E-state index contributed by atoms with van der Waals surface area (Å²) in [5, 5.41) is 8.86. The molecular formula is C13H23NO3S. The van der Waals surface area contributed by atoms with Crippen LogP contribution in [0.3, 0.4) is 0 Å². The Kier molecular flexibility index (Phi) is 4.56. The third-order valence-electron chi connectivity index (χ3n) is 4.08. The molecule has 2 aliphatic heterocycles. The van der Waals surface area contributed by atoms with E-state index in [1.54, 1.807) is 0 Å². The fourth-order valence-corrected chi connectivity index (χ4v) is 4.59. The summed E-state index contributed by atoms with van der Waals surface area (Å²) in [7, 11) is 0. The van der Waals surface area contributed by atoms with Crippen molar-refractivity contribution in [1.82, 2.24) is 4.90 Å². The van der Waals surface area contributed by atoms with Gasteiger partial charge in [-0.05, 0) is 17.6 Å². The van der Waals surface area contributed by atoms with Crippen LogP contribution in [0.2, 0.25) is 0 Å². The number of carboxylic acid groups (broad SMARTS) is 1. The number of rotatable bonds is 3. The van der Waals surface area contributed by atoms with Crippen molar-refractivity contribution in [2.24, 2.45) is 5.41 Å². The molecule has 18 heavy (non-hydrogen) atoms. The zero-order valence-corrected chi connectivity index (χ0v) is 12.0. The van der Waals surface area contributed by atoms with Crippen molar-refractivity contribution in [3.8, 4) is 0 Å². The van der Waals surface area contributed by atoms with Gasteiger partial charge in [-0.2, -0.15) is 11.8 Å². The molecule has 104 valence electrons. The molecule has 0 radical (unpaired) electrons. The predicted molar refractivity (Wildman–Crippen MR) is 73.1 cm³/mol. The fraction of sp³-hybridized carbons (Fsp3) is 0.923. The van der Waals surface area contributed by atoms with Gasteiger partial charge in [-0.1, -0.05) is 13.8 Å². The van der Waals surface area contributed by atoms with Crippen molar-refractivity contribution in [2.45, 2.75) is 38.8 Å². The van der Waals surface area contributed by atoms with E-state index < -0.39 is 5.97 Å². The molecule has 2 aliphatic rings. The molecule has 0 amide bonds. The number of aliphatic carboxylic acids is 1. The molecule has 0 aliphatic carbocycles. The van der Waals surface area contributed by atoms with Crippen LogP contribution in [-0.4, -0.2) is 59.3 Å². The number of carboxylic acids is 1. The van der Waals surface area contributed by atoms with Crippen LogP contribution >= 0.6 is 11.8 Å². The van der Waals surface area contributed by atoms with Crippen LogP contribution in [-0.2, 0) is 9.53 Å². The quantitative estimate of drug-likeness (QED) is 0.848. The highest BCUT2D eigenvalue weighted by atomic mass is 32.2. The normalized spacial score (nSPS) is 33.2. The maximum Gasteiger partial charge on any atom is 0.306 e. The van der Waals surface area contributed by atoms with Crippen molar-refractivity contribution >= 4 is 17.7 Å². The van der Waals surface area contributed by atoms with E-state index in [0.29, 0.717) is 18.1 Å². The first-order valence-electron chi connectivity index (χ1n) is 6.64. The number of carbonyl (C=O) groups is 1. The van der Waals surface area contributed by atoms with Gasteiger partial charge < -0.3 is 9.84 Å². The van der Waals surface area contributed by atoms with Crippen molar-refractivity contribution < 1.29 is 14.6 Å². The summed E-state index contributed by atoms with van der Waals surface area (Å²) in [6.45, 7) is 7.03. The Bertz CT molecular complexity index is 309. The Morgan fingerprint density at radius 1 is 1.56 bits per heavy atom. The Balaban J connectivity index is 1.97. The van der Waals surface area contributed by atoms with Crippen molar-refractivity contribution in [2.75, 3.05) is 31.2 Å². The Morgan fingerprint density at radius 3 is 3.00 bits per heavy atom. The molecular weight excluding hydrogens is 250 g/mol. The highest BCUT2D eigenvalue weighted by Crippen LogP contribution is 2.37. The van der Waals surface area contributed by atoms with Crippen LogP contribution in [0, 0.1) is 5.41 Å². The molecule has 2 saturated heterocycles. The van der Waals surface area contributed by atoms with Crippen molar-refractivity contribution in [3.63, 3.8) is 0 Å². The SMILES string of the molecule is CC1(C)CCSCC1N1CCOC(CC(=O)O)C1. The summed E-state index contributed by atoms with van der Waals surface area (Å²) < 4.78 is 5.55. The third-order valence-corrected chi connectivity index (χ3v) is 5.13. The van der Waals surface area contributed by atoms with E-state index in [1.165, 1.54) is 12.2 Å². The number of hydrogen-bond acceptors (Lipinski definition) is 4. The third kappa shape index (κ3) is 3.39. The maximum atomic E-state index is 10.8. The predicted octanol–water partition coefficient (Wildman–Crippen LogP) is 1.69. The van der Waals surface area contributed by atoms with Gasteiger partial charge >= 0.3 is 5.97 Å². The molecule has 2 heterocycles. The van der Waals surface area contributed by atoms with E-state index >= 15 is 0 Å². The summed E-state index contributed by atoms with van der Waals surface area (Å²) >= 11 is 2.02. The molecule has 0 bridgehead atoms. The molecule has 2 rings (SSSR count). The van der Waals surface area contributed by atoms with Gasteiger partial charge in [0, 0.05) is 24.9 Å². The van der Waals surface area contributed by atoms with Gasteiger partial charge in [-0.15, -0.1) is 0 Å². The average Bonchev–Trinajstić information content (AvgIpc) is 2.27. The maximum absolute atomic E-state index is 10.8. The zero-order valence-electron chi connectivity index (χ0n) is 11.2. The van der Waals surface area contributed by atoms with Crippen LogP contribution < -0.4 is 0 Å². The van der Waals surface area contributed by atoms with Crippen LogP contribution in [0.25, 0.3) is 0 Å². The number of thioether (sulfide) groups is 1. The van der Waals surface area contributed by atoms with E-state index in [2.05, 4.69) is 18.7 Å². The number of morpholine rings is 1. The van der Waals surface area contributed by atoms with Crippen molar-refractivity contribution in [1.29, 1.82) is 0 Å². The van der Waals surface area contributed by atoms with Gasteiger partial charge in [0.05, 0.1) is 19.1 Å². The Labute approximate surface area is 113 Å². The van der Waals surface area contributed by atoms with E-state index in [0.717, 1.165) is 18.8 Å². The minimum absolute atomic E-state index is 0.122. The average molecular weight is 273 g/mol. The monoisotopic (exact) mass is 273 g/mol. The highest BCUT2D eigenvalue weighted by molar-refractivity contribution is 7.99. The molecule has 0 spiro atoms. The molecule has 0 aromatic carbocycles. The van der Waals surface area contributed by atoms with Crippen molar-refractivity contribution in [3.05, 3.63) is 0 Å². The molecule has 1 N–H and O–H groups in total. The molecule has 0 saturated carbocycles. The lowest BCUT2D eigenvalue weighted by atomic mass is 9.81. The second-order valence-electron chi connectivity index (χ2n) is 5.91. The highest BCUT2D eigenvalue weighted by Gasteiger charge is 2.38. The Hall–Kier alpha value is -0.260. The first kappa shape index (κ1) is 14.2. The molecule has 5 heteroatoms. The van der Waals surface area contributed by atoms with E-state index in [4.69, 9.17) is 9.84 Å². The van der Waals surface area contributed by atoms with Crippen LogP contribution in [0.1, 0.15) is 26.7 Å². The smallest absolute Gasteiger partial charge is 0.306 e. The molecule has 0 aromatic heterocycles. The zero-order chi connectivity index (χ0) is 13.2. The van der Waals surface area contributed by atoms with Gasteiger partial charge in [-0.25, -0.2) is 0 Å². The largest absolute Gasteiger partial charge is 0.481 e. The molecule has 4 nitrogen and oxygen atoms in total. The van der Waals surface area contributed by atoms with Crippen LogP contribution in [0.15, 0.2) is 0 Å². The fourth-order valence-electron chi connectivity index (χ4n) is 2.87. The molecule has 2 unspecified atom stereocenters. The lowest BCUT2D eigenvalue weighted by molar-refractivity contribution is -0.143. The second-order valence-corrected chi connectivity index (χ2v) is 7.06. The van der Waals surface area contributed by atoms with E-state index in [1.807, 2.05) is 11.8 Å². The number of hydrogen-bond donors (Lipinski definition) is 1. The van der Waals surface area contributed by atoms with Crippen LogP contribution in [0.4, 0.5) is 0 Å². The minimum Gasteiger partial charge on any atom is -0.481 e. The lowest BCUT2D eigenvalue weighted by Gasteiger charge is -2.47. The summed E-state index contributed by atoms with van der Waals surface area (Å²) in [5.74, 6) is 1.64. The first-order chi connectivity index (χ1) is 8.49.